The second-order valence-electron chi connectivity index (χ2n) is 15.7. The van der Waals surface area contributed by atoms with Crippen LogP contribution < -0.4 is 5.32 Å². The lowest BCUT2D eigenvalue weighted by Gasteiger charge is -2.15. The Bertz CT molecular complexity index is 1270. The van der Waals surface area contributed by atoms with Crippen molar-refractivity contribution in [1.29, 1.82) is 0 Å². The lowest BCUT2D eigenvalue weighted by Crippen LogP contribution is -2.27. The van der Waals surface area contributed by atoms with Gasteiger partial charge in [0.1, 0.15) is 12.7 Å². The summed E-state index contributed by atoms with van der Waals surface area (Å²) in [6, 6.07) is 0. The van der Waals surface area contributed by atoms with Crippen LogP contribution in [-0.2, 0) is 27.9 Å². The van der Waals surface area contributed by atoms with Gasteiger partial charge in [0.15, 0.2) is 0 Å². The molecule has 10 heteroatoms. The first-order chi connectivity index (χ1) is 29.8. The highest BCUT2D eigenvalue weighted by Crippen LogP contribution is 2.42. The Hall–Kier alpha value is -2.81. The van der Waals surface area contributed by atoms with E-state index in [9.17, 15) is 24.2 Å². The number of unbranched alkanes of at least 4 members (excludes halogenated alkanes) is 17. The molecule has 0 aliphatic rings. The summed E-state index contributed by atoms with van der Waals surface area (Å²) in [5.74, 6) is -0.582. The maximum absolute atomic E-state index is 12.1. The van der Waals surface area contributed by atoms with Crippen molar-refractivity contribution < 1.29 is 37.9 Å². The first-order valence-corrected chi connectivity index (χ1v) is 25.6. The van der Waals surface area contributed by atoms with Gasteiger partial charge in [-0.15, -0.1) is 0 Å². The van der Waals surface area contributed by atoms with E-state index in [1.807, 2.05) is 0 Å². The van der Waals surface area contributed by atoms with Crippen molar-refractivity contribution in [2.75, 3.05) is 26.4 Å². The van der Waals surface area contributed by atoms with E-state index in [1.54, 1.807) is 0 Å². The van der Waals surface area contributed by atoms with Crippen LogP contribution in [0.15, 0.2) is 85.1 Å². The highest BCUT2D eigenvalue weighted by atomic mass is 31.2. The van der Waals surface area contributed by atoms with Gasteiger partial charge in [-0.2, -0.15) is 0 Å². The van der Waals surface area contributed by atoms with E-state index in [-0.39, 0.29) is 32.1 Å². The van der Waals surface area contributed by atoms with Crippen molar-refractivity contribution >= 4 is 19.7 Å². The van der Waals surface area contributed by atoms with Crippen molar-refractivity contribution in [1.82, 2.24) is 5.32 Å². The molecule has 9 nitrogen and oxygen atoms in total. The third-order valence-corrected chi connectivity index (χ3v) is 10.8. The molecule has 0 saturated heterocycles. The van der Waals surface area contributed by atoms with Crippen LogP contribution in [0.4, 0.5) is 0 Å². The van der Waals surface area contributed by atoms with Crippen molar-refractivity contribution in [3.05, 3.63) is 85.1 Å². The lowest BCUT2D eigenvalue weighted by molar-refractivity contribution is -0.147. The number of hydrogen-bond acceptors (Lipinski definition) is 7. The maximum Gasteiger partial charge on any atom is 0.472 e. The van der Waals surface area contributed by atoms with Crippen molar-refractivity contribution in [2.24, 2.45) is 0 Å². The van der Waals surface area contributed by atoms with E-state index in [4.69, 9.17) is 13.8 Å². The van der Waals surface area contributed by atoms with Gasteiger partial charge in [-0.1, -0.05) is 176 Å². The minimum atomic E-state index is -4.44. The normalized spacial score (nSPS) is 14.0. The van der Waals surface area contributed by atoms with Crippen LogP contribution in [0.25, 0.3) is 0 Å². The Balaban J connectivity index is 3.66. The Morgan fingerprint density at radius 3 is 1.36 bits per heavy atom. The van der Waals surface area contributed by atoms with Crippen LogP contribution in [0, 0.1) is 0 Å². The third kappa shape index (κ3) is 48.1. The Morgan fingerprint density at radius 2 is 0.902 bits per heavy atom. The molecular formula is C51H88NO8P. The van der Waals surface area contributed by atoms with Gasteiger partial charge in [0.05, 0.1) is 13.2 Å². The number of aliphatic hydroxyl groups excluding tert-OH is 1. The number of ether oxygens (including phenoxy) is 1. The summed E-state index contributed by atoms with van der Waals surface area (Å²) >= 11 is 0. The highest BCUT2D eigenvalue weighted by Gasteiger charge is 2.23. The predicted molar refractivity (Wildman–Crippen MR) is 256 cm³/mol. The molecule has 0 rings (SSSR count). The maximum atomic E-state index is 12.1. The van der Waals surface area contributed by atoms with Gasteiger partial charge in [0, 0.05) is 19.4 Å². The average Bonchev–Trinajstić information content (AvgIpc) is 3.25. The zero-order valence-corrected chi connectivity index (χ0v) is 39.5. The fraction of sp³-hybridized carbons (Fsp3) is 0.686. The van der Waals surface area contributed by atoms with Crippen molar-refractivity contribution in [3.63, 3.8) is 0 Å². The molecule has 1 amide bonds. The molecule has 0 aliphatic carbocycles. The lowest BCUT2D eigenvalue weighted by atomic mass is 10.1. The molecule has 2 atom stereocenters. The molecule has 0 aromatic rings. The van der Waals surface area contributed by atoms with E-state index in [0.717, 1.165) is 57.8 Å². The van der Waals surface area contributed by atoms with Gasteiger partial charge < -0.3 is 20.1 Å². The fourth-order valence-corrected chi connectivity index (χ4v) is 6.90. The van der Waals surface area contributed by atoms with Gasteiger partial charge in [-0.25, -0.2) is 4.57 Å². The molecule has 0 heterocycles. The van der Waals surface area contributed by atoms with Gasteiger partial charge in [-0.3, -0.25) is 18.6 Å². The number of carbonyl (C=O) groups excluding carboxylic acids is 2. The molecule has 0 fully saturated rings. The van der Waals surface area contributed by atoms with Crippen LogP contribution in [0.3, 0.4) is 0 Å². The summed E-state index contributed by atoms with van der Waals surface area (Å²) in [4.78, 5) is 34.0. The summed E-state index contributed by atoms with van der Waals surface area (Å²) in [5.41, 5.74) is 0. The monoisotopic (exact) mass is 874 g/mol. The highest BCUT2D eigenvalue weighted by molar-refractivity contribution is 7.47. The number of allylic oxidation sites excluding steroid dienone is 14. The number of hydrogen-bond donors (Lipinski definition) is 3. The van der Waals surface area contributed by atoms with Gasteiger partial charge in [0.2, 0.25) is 5.91 Å². The number of rotatable bonds is 44. The van der Waals surface area contributed by atoms with Crippen molar-refractivity contribution in [2.45, 2.75) is 200 Å². The second-order valence-corrected chi connectivity index (χ2v) is 17.2. The first-order valence-electron chi connectivity index (χ1n) is 24.1. The zero-order valence-electron chi connectivity index (χ0n) is 38.6. The molecule has 350 valence electrons. The molecule has 0 radical (unpaired) electrons. The Kier molecular flexibility index (Phi) is 44.5. The molecule has 61 heavy (non-hydrogen) atoms. The fourth-order valence-electron chi connectivity index (χ4n) is 6.14. The van der Waals surface area contributed by atoms with E-state index >= 15 is 0 Å². The number of esters is 1. The quantitative estimate of drug-likeness (QED) is 0.0239. The number of phosphoric ester groups is 1. The number of amides is 1. The minimum absolute atomic E-state index is 0.0480. The molecule has 3 N–H and O–H groups in total. The number of phosphoric acid groups is 1. The topological polar surface area (TPSA) is 131 Å². The zero-order chi connectivity index (χ0) is 44.6. The minimum Gasteiger partial charge on any atom is -0.463 e. The number of aliphatic hydroxyl groups is 1. The molecule has 0 bridgehead atoms. The molecule has 0 aliphatic heterocycles. The standard InChI is InChI=1S/C51H88NO8P/c1-3-5-7-9-11-13-15-17-19-21-22-23-24-25-26-28-30-32-34-36-38-40-42-44-51(55)58-47-49(53)48-60-61(56,57)59-46-45-52-50(54)43-41-39-37-35-33-31-29-27-20-18-16-14-12-10-8-6-4-2/h11-14,17-20,22-23,29,31,35,37,49,53H,3-10,15-16,21,24-28,30,32-34,36,38-48H2,1-2H3,(H,52,54)(H,56,57)/b13-11-,14-12-,19-17-,20-18-,23-22-,31-29-,37-35-. The SMILES string of the molecule is CCCCC/C=C\C/C=C\C/C=C\C/C=C\CCCC(=O)NCCOP(=O)(O)OCC(O)COC(=O)CCCCCCCCCCCC/C=C\C/C=C\C/C=C\CCCCC. The average molecular weight is 874 g/mol. The molecule has 0 aromatic carbocycles. The van der Waals surface area contributed by atoms with Gasteiger partial charge >= 0.3 is 13.8 Å². The van der Waals surface area contributed by atoms with Gasteiger partial charge in [0.25, 0.3) is 0 Å². The first kappa shape index (κ1) is 58.2. The van der Waals surface area contributed by atoms with Crippen LogP contribution >= 0.6 is 7.82 Å². The summed E-state index contributed by atoms with van der Waals surface area (Å²) in [7, 11) is -4.44. The largest absolute Gasteiger partial charge is 0.472 e. The summed E-state index contributed by atoms with van der Waals surface area (Å²) in [6.45, 7) is 3.42. The Morgan fingerprint density at radius 1 is 0.508 bits per heavy atom. The van der Waals surface area contributed by atoms with Crippen LogP contribution in [0.5, 0.6) is 0 Å². The molecule has 0 saturated carbocycles. The second kappa shape index (κ2) is 46.7. The number of carbonyl (C=O) groups is 2. The molecule has 2 unspecified atom stereocenters. The number of nitrogens with one attached hydrogen (secondary N) is 1. The van der Waals surface area contributed by atoms with Crippen molar-refractivity contribution in [3.8, 4) is 0 Å². The summed E-state index contributed by atoms with van der Waals surface area (Å²) < 4.78 is 26.9. The van der Waals surface area contributed by atoms with E-state index in [0.29, 0.717) is 12.8 Å². The van der Waals surface area contributed by atoms with E-state index in [2.05, 4.69) is 104 Å². The van der Waals surface area contributed by atoms with Crippen LogP contribution in [0.1, 0.15) is 194 Å². The van der Waals surface area contributed by atoms with Crippen LogP contribution in [-0.4, -0.2) is 54.3 Å². The molecular weight excluding hydrogens is 786 g/mol. The third-order valence-electron chi connectivity index (χ3n) is 9.80. The van der Waals surface area contributed by atoms with E-state index < -0.39 is 26.5 Å². The van der Waals surface area contributed by atoms with Gasteiger partial charge in [-0.05, 0) is 89.9 Å². The summed E-state index contributed by atoms with van der Waals surface area (Å²) in [6.07, 6.45) is 59.5. The Labute approximate surface area is 373 Å². The predicted octanol–water partition coefficient (Wildman–Crippen LogP) is 14.0. The smallest absolute Gasteiger partial charge is 0.463 e. The van der Waals surface area contributed by atoms with Crippen LogP contribution in [0.2, 0.25) is 0 Å². The molecule has 0 aromatic heterocycles. The molecule has 0 spiro atoms. The summed E-state index contributed by atoms with van der Waals surface area (Å²) in [5, 5.41) is 12.7. The van der Waals surface area contributed by atoms with E-state index in [1.165, 1.54) is 103 Å².